The fourth-order valence-corrected chi connectivity index (χ4v) is 3.52. The van der Waals surface area contributed by atoms with Gasteiger partial charge in [0, 0.05) is 4.90 Å². The maximum absolute atomic E-state index is 13.8. The quantitative estimate of drug-likeness (QED) is 0.323. The van der Waals surface area contributed by atoms with Crippen molar-refractivity contribution in [3.8, 4) is 0 Å². The lowest BCUT2D eigenvalue weighted by Crippen LogP contribution is -2.31. The third kappa shape index (κ3) is 6.34. The van der Waals surface area contributed by atoms with Gasteiger partial charge in [-0.05, 0) is 51.5 Å². The number of benzene rings is 2. The maximum Gasteiger partial charge on any atom is 0.338 e. The van der Waals surface area contributed by atoms with Crippen LogP contribution >= 0.6 is 11.8 Å². The van der Waals surface area contributed by atoms with Gasteiger partial charge in [0.05, 0.1) is 10.8 Å². The molecule has 0 aromatic heterocycles. The number of hydrogen-bond donors (Lipinski definition) is 0. The minimum atomic E-state index is -0.801. The van der Waals surface area contributed by atoms with Gasteiger partial charge < -0.3 is 4.74 Å². The predicted octanol–water partition coefficient (Wildman–Crippen LogP) is 6.01. The predicted molar refractivity (Wildman–Crippen MR) is 106 cm³/mol. The van der Waals surface area contributed by atoms with E-state index >= 15 is 0 Å². The van der Waals surface area contributed by atoms with Gasteiger partial charge in [0.25, 0.3) is 0 Å². The van der Waals surface area contributed by atoms with Gasteiger partial charge in [0.15, 0.2) is 0 Å². The van der Waals surface area contributed by atoms with Crippen molar-refractivity contribution in [3.05, 3.63) is 77.4 Å². The highest BCUT2D eigenvalue weighted by atomic mass is 32.2. The molecular formula is C22H25FO2S. The lowest BCUT2D eigenvalue weighted by Gasteiger charge is -2.24. The molecule has 0 radical (unpaired) electrons. The minimum Gasteiger partial charge on any atom is -0.455 e. The van der Waals surface area contributed by atoms with E-state index in [1.165, 1.54) is 5.56 Å². The van der Waals surface area contributed by atoms with Crippen molar-refractivity contribution in [3.63, 3.8) is 0 Å². The molecule has 2 rings (SSSR count). The van der Waals surface area contributed by atoms with Crippen LogP contribution in [-0.2, 0) is 4.74 Å². The molecule has 26 heavy (non-hydrogen) atoms. The molecule has 0 saturated carbocycles. The van der Waals surface area contributed by atoms with Crippen molar-refractivity contribution < 1.29 is 13.9 Å². The van der Waals surface area contributed by atoms with Crippen LogP contribution in [0, 0.1) is 6.92 Å². The van der Waals surface area contributed by atoms with Crippen molar-refractivity contribution in [1.29, 1.82) is 0 Å². The Morgan fingerprint density at radius 1 is 1.12 bits per heavy atom. The van der Waals surface area contributed by atoms with Gasteiger partial charge in [-0.2, -0.15) is 0 Å². The Morgan fingerprint density at radius 3 is 2.35 bits per heavy atom. The average Bonchev–Trinajstić information content (AvgIpc) is 2.65. The van der Waals surface area contributed by atoms with E-state index in [0.29, 0.717) is 12.0 Å². The van der Waals surface area contributed by atoms with Crippen LogP contribution in [0.5, 0.6) is 0 Å². The van der Waals surface area contributed by atoms with Gasteiger partial charge in [-0.1, -0.05) is 47.5 Å². The number of rotatable bonds is 8. The molecule has 0 N–H and O–H groups in total. The summed E-state index contributed by atoms with van der Waals surface area (Å²) in [6.07, 6.45) is 1.90. The zero-order chi connectivity index (χ0) is 18.9. The van der Waals surface area contributed by atoms with E-state index in [4.69, 9.17) is 4.74 Å². The zero-order valence-electron chi connectivity index (χ0n) is 15.4. The van der Waals surface area contributed by atoms with Crippen LogP contribution < -0.4 is 0 Å². The molecule has 138 valence electrons. The van der Waals surface area contributed by atoms with Crippen molar-refractivity contribution in [2.75, 3.05) is 6.67 Å². The van der Waals surface area contributed by atoms with Gasteiger partial charge in [-0.3, -0.25) is 0 Å². The fraction of sp³-hybridized carbons (Fsp3) is 0.318. The Morgan fingerprint density at radius 2 is 1.77 bits per heavy atom. The lowest BCUT2D eigenvalue weighted by molar-refractivity contribution is 0.0236. The molecule has 0 saturated heterocycles. The summed E-state index contributed by atoms with van der Waals surface area (Å²) in [5.74, 6) is -0.486. The van der Waals surface area contributed by atoms with Crippen molar-refractivity contribution in [1.82, 2.24) is 0 Å². The van der Waals surface area contributed by atoms with Gasteiger partial charge in [0.1, 0.15) is 12.8 Å². The van der Waals surface area contributed by atoms with E-state index < -0.39 is 18.7 Å². The number of esters is 1. The third-order valence-electron chi connectivity index (χ3n) is 3.90. The molecule has 2 aromatic rings. The van der Waals surface area contributed by atoms with Crippen LogP contribution in [-0.4, -0.2) is 24.0 Å². The molecule has 2 aromatic carbocycles. The summed E-state index contributed by atoms with van der Waals surface area (Å²) in [4.78, 5) is 13.4. The number of aryl methyl sites for hydroxylation is 1. The van der Waals surface area contributed by atoms with Crippen molar-refractivity contribution >= 4 is 17.7 Å². The first-order chi connectivity index (χ1) is 12.5. The summed E-state index contributed by atoms with van der Waals surface area (Å²) >= 11 is 1.55. The Bertz CT molecular complexity index is 722. The molecule has 0 aliphatic rings. The standard InChI is InChI=1S/C22H25FO2S/c1-16(2)9-14-21(26-19-12-10-17(3)11-13-19)20(15-23)25-22(24)18-7-5-4-6-8-18/h4-13,20-21H,14-15H2,1-3H3/t20-,21-/m1/s1. The number of alkyl halides is 1. The first-order valence-corrected chi connectivity index (χ1v) is 9.56. The number of halogens is 1. The summed E-state index contributed by atoms with van der Waals surface area (Å²) in [5.41, 5.74) is 2.77. The molecule has 0 heterocycles. The molecule has 0 amide bonds. The van der Waals surface area contributed by atoms with E-state index in [1.54, 1.807) is 36.0 Å². The van der Waals surface area contributed by atoms with Crippen LogP contribution in [0.4, 0.5) is 4.39 Å². The first-order valence-electron chi connectivity index (χ1n) is 8.68. The molecule has 0 aliphatic heterocycles. The summed E-state index contributed by atoms with van der Waals surface area (Å²) in [7, 11) is 0. The average molecular weight is 373 g/mol. The first kappa shape index (κ1) is 20.2. The van der Waals surface area contributed by atoms with E-state index in [-0.39, 0.29) is 5.25 Å². The number of hydrogen-bond acceptors (Lipinski definition) is 3. The molecule has 2 nitrogen and oxygen atoms in total. The summed E-state index contributed by atoms with van der Waals surface area (Å²) in [5, 5.41) is -0.190. The molecule has 4 heteroatoms. The van der Waals surface area contributed by atoms with Gasteiger partial charge in [-0.15, -0.1) is 11.8 Å². The second-order valence-corrected chi connectivity index (χ2v) is 7.76. The number of ether oxygens (including phenoxy) is 1. The Kier molecular flexibility index (Phi) is 7.92. The largest absolute Gasteiger partial charge is 0.455 e. The highest BCUT2D eigenvalue weighted by Crippen LogP contribution is 2.30. The van der Waals surface area contributed by atoms with Gasteiger partial charge >= 0.3 is 5.97 Å². The summed E-state index contributed by atoms with van der Waals surface area (Å²) in [6, 6.07) is 16.8. The number of carbonyl (C=O) groups is 1. The van der Waals surface area contributed by atoms with E-state index in [9.17, 15) is 9.18 Å². The Labute approximate surface area is 159 Å². The second kappa shape index (κ2) is 10.2. The maximum atomic E-state index is 13.8. The van der Waals surface area contributed by atoms with Crippen molar-refractivity contribution in [2.45, 2.75) is 43.4 Å². The van der Waals surface area contributed by atoms with E-state index in [1.807, 2.05) is 51.1 Å². The minimum absolute atomic E-state index is 0.190. The van der Waals surface area contributed by atoms with Crippen molar-refractivity contribution in [2.24, 2.45) is 0 Å². The molecule has 0 spiro atoms. The SMILES string of the molecule is CC(C)=CC[C@@H](Sc1ccc(C)cc1)[C@@H](CF)OC(=O)c1ccccc1. The topological polar surface area (TPSA) is 26.3 Å². The monoisotopic (exact) mass is 372 g/mol. The van der Waals surface area contributed by atoms with Crippen LogP contribution in [0.25, 0.3) is 0 Å². The van der Waals surface area contributed by atoms with Crippen LogP contribution in [0.2, 0.25) is 0 Å². The van der Waals surface area contributed by atoms with E-state index in [2.05, 4.69) is 6.08 Å². The fourth-order valence-electron chi connectivity index (χ4n) is 2.41. The molecule has 0 unspecified atom stereocenters. The lowest BCUT2D eigenvalue weighted by atomic mass is 10.1. The van der Waals surface area contributed by atoms with Gasteiger partial charge in [0.2, 0.25) is 0 Å². The zero-order valence-corrected chi connectivity index (χ0v) is 16.3. The summed E-state index contributed by atoms with van der Waals surface area (Å²) in [6.45, 7) is 5.34. The van der Waals surface area contributed by atoms with Crippen LogP contribution in [0.3, 0.4) is 0 Å². The summed E-state index contributed by atoms with van der Waals surface area (Å²) < 4.78 is 19.3. The highest BCUT2D eigenvalue weighted by molar-refractivity contribution is 8.00. The highest BCUT2D eigenvalue weighted by Gasteiger charge is 2.26. The molecule has 2 atom stereocenters. The normalized spacial score (nSPS) is 12.9. The smallest absolute Gasteiger partial charge is 0.338 e. The van der Waals surface area contributed by atoms with Crippen LogP contribution in [0.15, 0.2) is 71.1 Å². The molecule has 0 aliphatic carbocycles. The third-order valence-corrected chi connectivity index (χ3v) is 5.24. The number of allylic oxidation sites excluding steroid dienone is 2. The van der Waals surface area contributed by atoms with E-state index in [0.717, 1.165) is 10.5 Å². The van der Waals surface area contributed by atoms with Crippen LogP contribution in [0.1, 0.15) is 36.2 Å². The Balaban J connectivity index is 2.15. The molecule has 0 bridgehead atoms. The van der Waals surface area contributed by atoms with Gasteiger partial charge in [-0.25, -0.2) is 9.18 Å². The number of thioether (sulfide) groups is 1. The molecular weight excluding hydrogens is 347 g/mol. The second-order valence-electron chi connectivity index (χ2n) is 6.45. The Hall–Kier alpha value is -2.07. The number of carbonyl (C=O) groups excluding carboxylic acids is 1. The molecule has 0 fully saturated rings.